The monoisotopic (exact) mass is 317 g/mol. The highest BCUT2D eigenvalue weighted by Crippen LogP contribution is 2.36. The van der Waals surface area contributed by atoms with Crippen LogP contribution in [0.15, 0.2) is 29.4 Å². The maximum absolute atomic E-state index is 12.1. The summed E-state index contributed by atoms with van der Waals surface area (Å²) in [5.74, 6) is 0.314. The molecule has 116 valence electrons. The summed E-state index contributed by atoms with van der Waals surface area (Å²) in [6.45, 7) is 4.05. The van der Waals surface area contributed by atoms with E-state index in [1.807, 2.05) is 29.8 Å². The van der Waals surface area contributed by atoms with Gasteiger partial charge in [0.1, 0.15) is 0 Å². The maximum Gasteiger partial charge on any atom is 0.230 e. The van der Waals surface area contributed by atoms with Crippen molar-refractivity contribution >= 4 is 17.7 Å². The fraction of sp³-hybridized carbons (Fsp3) is 0.467. The third kappa shape index (κ3) is 3.47. The van der Waals surface area contributed by atoms with E-state index in [0.717, 1.165) is 23.6 Å². The van der Waals surface area contributed by atoms with Gasteiger partial charge in [0.15, 0.2) is 0 Å². The van der Waals surface area contributed by atoms with Crippen LogP contribution in [0.5, 0.6) is 0 Å². The summed E-state index contributed by atoms with van der Waals surface area (Å²) in [7, 11) is 0. The predicted octanol–water partition coefficient (Wildman–Crippen LogP) is 2.29. The van der Waals surface area contributed by atoms with E-state index in [1.165, 1.54) is 17.3 Å². The quantitative estimate of drug-likeness (QED) is 0.828. The van der Waals surface area contributed by atoms with Crippen LogP contribution >= 0.6 is 11.8 Å². The zero-order valence-electron chi connectivity index (χ0n) is 12.7. The van der Waals surface area contributed by atoms with Crippen molar-refractivity contribution in [1.29, 1.82) is 0 Å². The standard InChI is InChI=1S/C15H19N5OS/c1-10-5-3-4-6-13(10)11(2)16-14(21)9-22-15-17-18-19-20(15)12-7-8-12/h3-6,11-12H,7-9H2,1-2H3,(H,16,21)/t11-/m0/s1. The molecule has 1 atom stereocenters. The SMILES string of the molecule is Cc1ccccc1[C@H](C)NC(=O)CSc1nnnn1C1CC1. The molecule has 0 aliphatic heterocycles. The molecule has 22 heavy (non-hydrogen) atoms. The second-order valence-corrected chi connectivity index (χ2v) is 6.51. The van der Waals surface area contributed by atoms with Crippen LogP contribution in [0.2, 0.25) is 0 Å². The van der Waals surface area contributed by atoms with Gasteiger partial charge in [0.25, 0.3) is 0 Å². The summed E-state index contributed by atoms with van der Waals surface area (Å²) in [5, 5.41) is 15.4. The summed E-state index contributed by atoms with van der Waals surface area (Å²) in [5.41, 5.74) is 2.32. The molecule has 1 aromatic heterocycles. The minimum atomic E-state index is -0.00824. The Morgan fingerprint density at radius 2 is 2.23 bits per heavy atom. The summed E-state index contributed by atoms with van der Waals surface area (Å²) < 4.78 is 1.82. The van der Waals surface area contributed by atoms with E-state index >= 15 is 0 Å². The Morgan fingerprint density at radius 3 is 2.95 bits per heavy atom. The van der Waals surface area contributed by atoms with Gasteiger partial charge in [0, 0.05) is 0 Å². The topological polar surface area (TPSA) is 72.7 Å². The van der Waals surface area contributed by atoms with Crippen LogP contribution in [0.4, 0.5) is 0 Å². The fourth-order valence-corrected chi connectivity index (χ4v) is 3.15. The van der Waals surface area contributed by atoms with E-state index < -0.39 is 0 Å². The van der Waals surface area contributed by atoms with Gasteiger partial charge in [-0.1, -0.05) is 36.0 Å². The third-order valence-electron chi connectivity index (χ3n) is 3.72. The maximum atomic E-state index is 12.1. The van der Waals surface area contributed by atoms with Crippen LogP contribution in [0.1, 0.15) is 43.0 Å². The lowest BCUT2D eigenvalue weighted by molar-refractivity contribution is -0.119. The van der Waals surface area contributed by atoms with Crippen molar-refractivity contribution < 1.29 is 4.79 Å². The van der Waals surface area contributed by atoms with Gasteiger partial charge in [0.2, 0.25) is 11.1 Å². The number of rotatable bonds is 6. The van der Waals surface area contributed by atoms with Crippen LogP contribution in [0.3, 0.4) is 0 Å². The molecule has 0 spiro atoms. The average molecular weight is 317 g/mol. The fourth-order valence-electron chi connectivity index (χ4n) is 2.39. The van der Waals surface area contributed by atoms with E-state index in [4.69, 9.17) is 0 Å². The molecule has 6 nitrogen and oxygen atoms in total. The molecule has 1 heterocycles. The highest BCUT2D eigenvalue weighted by molar-refractivity contribution is 7.99. The van der Waals surface area contributed by atoms with Gasteiger partial charge in [-0.05, 0) is 48.2 Å². The number of aryl methyl sites for hydroxylation is 1. The molecule has 1 saturated carbocycles. The Labute approximate surface area is 133 Å². The summed E-state index contributed by atoms with van der Waals surface area (Å²) in [6.07, 6.45) is 2.24. The lowest BCUT2D eigenvalue weighted by atomic mass is 10.0. The molecule has 1 amide bonds. The zero-order valence-corrected chi connectivity index (χ0v) is 13.5. The number of hydrogen-bond acceptors (Lipinski definition) is 5. The van der Waals surface area contributed by atoms with E-state index in [9.17, 15) is 4.79 Å². The molecule has 1 N–H and O–H groups in total. The lowest BCUT2D eigenvalue weighted by Gasteiger charge is -2.16. The van der Waals surface area contributed by atoms with E-state index in [1.54, 1.807) is 0 Å². The molecule has 0 bridgehead atoms. The van der Waals surface area contributed by atoms with E-state index in [-0.39, 0.29) is 11.9 Å². The van der Waals surface area contributed by atoms with Crippen molar-refractivity contribution in [2.24, 2.45) is 0 Å². The average Bonchev–Trinajstić information content (AvgIpc) is 3.24. The van der Waals surface area contributed by atoms with Gasteiger partial charge in [-0.15, -0.1) is 5.10 Å². The molecule has 7 heteroatoms. The normalized spacial score (nSPS) is 15.5. The van der Waals surface area contributed by atoms with Gasteiger partial charge in [0.05, 0.1) is 17.8 Å². The smallest absolute Gasteiger partial charge is 0.230 e. The van der Waals surface area contributed by atoms with Crippen LogP contribution in [-0.4, -0.2) is 31.9 Å². The number of carbonyl (C=O) groups excluding carboxylic acids is 1. The van der Waals surface area contributed by atoms with Crippen LogP contribution in [0, 0.1) is 6.92 Å². The van der Waals surface area contributed by atoms with Crippen molar-refractivity contribution in [3.8, 4) is 0 Å². The van der Waals surface area contributed by atoms with Crippen molar-refractivity contribution in [1.82, 2.24) is 25.5 Å². The molecule has 0 radical (unpaired) electrons. The van der Waals surface area contributed by atoms with Crippen LogP contribution < -0.4 is 5.32 Å². The van der Waals surface area contributed by atoms with E-state index in [0.29, 0.717) is 11.8 Å². The summed E-state index contributed by atoms with van der Waals surface area (Å²) in [4.78, 5) is 12.1. The van der Waals surface area contributed by atoms with Gasteiger partial charge in [-0.2, -0.15) is 0 Å². The molecule has 1 fully saturated rings. The van der Waals surface area contributed by atoms with Crippen LogP contribution in [-0.2, 0) is 4.79 Å². The first-order chi connectivity index (χ1) is 10.6. The minimum absolute atomic E-state index is 0.00581. The zero-order chi connectivity index (χ0) is 15.5. The Kier molecular flexibility index (Phi) is 4.42. The van der Waals surface area contributed by atoms with Gasteiger partial charge < -0.3 is 5.32 Å². The van der Waals surface area contributed by atoms with Crippen molar-refractivity contribution in [2.75, 3.05) is 5.75 Å². The molecule has 1 aliphatic rings. The number of benzene rings is 1. The molecule has 3 rings (SSSR count). The first-order valence-electron chi connectivity index (χ1n) is 7.40. The predicted molar refractivity (Wildman–Crippen MR) is 84.5 cm³/mol. The second kappa shape index (κ2) is 6.48. The number of thioether (sulfide) groups is 1. The number of nitrogens with one attached hydrogen (secondary N) is 1. The third-order valence-corrected chi connectivity index (χ3v) is 4.65. The number of amides is 1. The molecule has 0 saturated heterocycles. The van der Waals surface area contributed by atoms with Gasteiger partial charge in [-0.25, -0.2) is 4.68 Å². The summed E-state index contributed by atoms with van der Waals surface area (Å²) in [6, 6.07) is 8.50. The number of tetrazole rings is 1. The number of hydrogen-bond donors (Lipinski definition) is 1. The number of nitrogens with zero attached hydrogens (tertiary/aromatic N) is 4. The van der Waals surface area contributed by atoms with Gasteiger partial charge in [-0.3, -0.25) is 4.79 Å². The van der Waals surface area contributed by atoms with Crippen molar-refractivity contribution in [3.05, 3.63) is 35.4 Å². The van der Waals surface area contributed by atoms with Gasteiger partial charge >= 0.3 is 0 Å². The highest BCUT2D eigenvalue weighted by atomic mass is 32.2. The molecule has 0 unspecified atom stereocenters. The van der Waals surface area contributed by atoms with Crippen molar-refractivity contribution in [3.63, 3.8) is 0 Å². The Hall–Kier alpha value is -1.89. The van der Waals surface area contributed by atoms with Crippen LogP contribution in [0.25, 0.3) is 0 Å². The number of carbonyl (C=O) groups is 1. The van der Waals surface area contributed by atoms with E-state index in [2.05, 4.69) is 33.8 Å². The largest absolute Gasteiger partial charge is 0.349 e. The first kappa shape index (κ1) is 15.0. The van der Waals surface area contributed by atoms with Crippen molar-refractivity contribution in [2.45, 2.75) is 43.9 Å². The Balaban J connectivity index is 1.54. The minimum Gasteiger partial charge on any atom is -0.349 e. The first-order valence-corrected chi connectivity index (χ1v) is 8.39. The number of aromatic nitrogens is 4. The second-order valence-electron chi connectivity index (χ2n) is 5.57. The lowest BCUT2D eigenvalue weighted by Crippen LogP contribution is -2.28. The Morgan fingerprint density at radius 1 is 1.45 bits per heavy atom. The Bertz CT molecular complexity index is 667. The molecular formula is C15H19N5OS. The molecule has 1 aromatic carbocycles. The highest BCUT2D eigenvalue weighted by Gasteiger charge is 2.28. The summed E-state index contributed by atoms with van der Waals surface area (Å²) >= 11 is 1.39. The molecular weight excluding hydrogens is 298 g/mol. The molecule has 2 aromatic rings. The molecule has 1 aliphatic carbocycles.